The topological polar surface area (TPSA) is 70.7 Å². The number of piperazine rings is 1. The van der Waals surface area contributed by atoms with E-state index in [-0.39, 0.29) is 24.3 Å². The Morgan fingerprint density at radius 1 is 1.43 bits per heavy atom. The number of hydrogen-bond acceptors (Lipinski definition) is 4. The normalized spacial score (nSPS) is 24.8. The van der Waals surface area contributed by atoms with Gasteiger partial charge in [-0.3, -0.25) is 9.59 Å². The molecule has 2 aliphatic heterocycles. The van der Waals surface area contributed by atoms with Crippen molar-refractivity contribution in [3.63, 3.8) is 0 Å². The minimum absolute atomic E-state index is 0.0384. The maximum absolute atomic E-state index is 12.4. The zero-order valence-corrected chi connectivity index (χ0v) is 12.0. The summed E-state index contributed by atoms with van der Waals surface area (Å²) in [7, 11) is 0. The molecule has 1 unspecified atom stereocenters. The fraction of sp³-hybridized carbons (Fsp3) is 0.467. The van der Waals surface area contributed by atoms with Gasteiger partial charge in [-0.1, -0.05) is 12.1 Å². The minimum atomic E-state index is -0.755. The van der Waals surface area contributed by atoms with E-state index in [4.69, 9.17) is 4.74 Å². The first-order valence-corrected chi connectivity index (χ1v) is 7.22. The molecule has 2 N–H and O–H groups in total. The van der Waals surface area contributed by atoms with Gasteiger partial charge in [-0.15, -0.1) is 0 Å². The maximum Gasteiger partial charge on any atom is 0.266 e. The second-order valence-corrected chi connectivity index (χ2v) is 5.44. The van der Waals surface area contributed by atoms with Crippen LogP contribution >= 0.6 is 0 Å². The number of carbonyl (C=O) groups excluding carboxylic acids is 2. The first-order chi connectivity index (χ1) is 10.1. The Bertz CT molecular complexity index is 561. The Morgan fingerprint density at radius 3 is 3.05 bits per heavy atom. The van der Waals surface area contributed by atoms with E-state index in [1.165, 1.54) is 0 Å². The second kappa shape index (κ2) is 5.73. The Kier molecular flexibility index (Phi) is 3.79. The predicted octanol–water partition coefficient (Wildman–Crippen LogP) is 0.596. The van der Waals surface area contributed by atoms with E-state index in [0.717, 1.165) is 13.1 Å². The van der Waals surface area contributed by atoms with Gasteiger partial charge in [0.1, 0.15) is 5.75 Å². The summed E-state index contributed by atoms with van der Waals surface area (Å²) in [6.45, 7) is 4.25. The average molecular weight is 289 g/mol. The number of fused-ring (bicyclic) bond motifs is 1. The summed E-state index contributed by atoms with van der Waals surface area (Å²) in [5.41, 5.74) is 0.654. The lowest BCUT2D eigenvalue weighted by atomic mass is 10.1. The van der Waals surface area contributed by atoms with E-state index >= 15 is 0 Å². The van der Waals surface area contributed by atoms with Crippen molar-refractivity contribution in [3.05, 3.63) is 24.3 Å². The summed E-state index contributed by atoms with van der Waals surface area (Å²) in [5, 5.41) is 6.02. The summed E-state index contributed by atoms with van der Waals surface area (Å²) in [6, 6.07) is 7.39. The third kappa shape index (κ3) is 2.85. The molecule has 112 valence electrons. The van der Waals surface area contributed by atoms with Crippen LogP contribution in [0.3, 0.4) is 0 Å². The lowest BCUT2D eigenvalue weighted by molar-refractivity contribution is -0.139. The second-order valence-electron chi connectivity index (χ2n) is 5.44. The summed E-state index contributed by atoms with van der Waals surface area (Å²) < 4.78 is 5.67. The largest absolute Gasteiger partial charge is 0.478 e. The highest BCUT2D eigenvalue weighted by Gasteiger charge is 2.32. The number of ether oxygens (including phenoxy) is 1. The standard InChI is InChI=1S/C15H19N3O3/c1-10-9-16-6-7-18(10)14(19)8-13-15(20)17-11-4-2-3-5-12(11)21-13/h2-5,10,13,16H,6-9H2,1H3,(H,17,20)/t10-,13?/m0/s1. The first-order valence-electron chi connectivity index (χ1n) is 7.22. The molecule has 6 nitrogen and oxygen atoms in total. The zero-order valence-electron chi connectivity index (χ0n) is 12.0. The molecule has 0 aliphatic carbocycles. The van der Waals surface area contributed by atoms with Crippen molar-refractivity contribution in [1.29, 1.82) is 0 Å². The molecule has 1 aromatic carbocycles. The van der Waals surface area contributed by atoms with Gasteiger partial charge in [-0.2, -0.15) is 0 Å². The van der Waals surface area contributed by atoms with Crippen molar-refractivity contribution in [3.8, 4) is 5.75 Å². The fourth-order valence-electron chi connectivity index (χ4n) is 2.71. The highest BCUT2D eigenvalue weighted by Crippen LogP contribution is 2.29. The number of amides is 2. The molecule has 2 amide bonds. The molecule has 21 heavy (non-hydrogen) atoms. The van der Waals surface area contributed by atoms with Gasteiger partial charge in [0.2, 0.25) is 5.91 Å². The van der Waals surface area contributed by atoms with Crippen molar-refractivity contribution >= 4 is 17.5 Å². The molecule has 2 heterocycles. The summed E-state index contributed by atoms with van der Waals surface area (Å²) in [4.78, 5) is 26.2. The Balaban J connectivity index is 1.68. The van der Waals surface area contributed by atoms with Crippen molar-refractivity contribution in [1.82, 2.24) is 10.2 Å². The van der Waals surface area contributed by atoms with Crippen LogP contribution in [0.25, 0.3) is 0 Å². The molecular weight excluding hydrogens is 270 g/mol. The van der Waals surface area contributed by atoms with E-state index in [2.05, 4.69) is 10.6 Å². The smallest absolute Gasteiger partial charge is 0.266 e. The highest BCUT2D eigenvalue weighted by molar-refractivity contribution is 5.99. The van der Waals surface area contributed by atoms with E-state index in [0.29, 0.717) is 18.0 Å². The van der Waals surface area contributed by atoms with Crippen LogP contribution in [0.4, 0.5) is 5.69 Å². The van der Waals surface area contributed by atoms with Crippen LogP contribution in [0, 0.1) is 0 Å². The van der Waals surface area contributed by atoms with Gasteiger partial charge in [0.05, 0.1) is 12.1 Å². The summed E-state index contributed by atoms with van der Waals surface area (Å²) >= 11 is 0. The quantitative estimate of drug-likeness (QED) is 0.836. The zero-order chi connectivity index (χ0) is 14.8. The first kappa shape index (κ1) is 13.9. The molecule has 0 spiro atoms. The van der Waals surface area contributed by atoms with E-state index < -0.39 is 6.10 Å². The van der Waals surface area contributed by atoms with Gasteiger partial charge in [-0.25, -0.2) is 0 Å². The molecule has 1 saturated heterocycles. The fourth-order valence-corrected chi connectivity index (χ4v) is 2.71. The number of nitrogens with zero attached hydrogens (tertiary/aromatic N) is 1. The summed E-state index contributed by atoms with van der Waals surface area (Å²) in [6.07, 6.45) is -0.681. The average Bonchev–Trinajstić information content (AvgIpc) is 2.48. The van der Waals surface area contributed by atoms with Gasteiger partial charge in [-0.05, 0) is 19.1 Å². The minimum Gasteiger partial charge on any atom is -0.478 e. The molecule has 0 radical (unpaired) electrons. The molecule has 0 bridgehead atoms. The SMILES string of the molecule is C[C@H]1CNCCN1C(=O)CC1Oc2ccccc2NC1=O. The maximum atomic E-state index is 12.4. The molecule has 2 atom stereocenters. The van der Waals surface area contributed by atoms with Crippen LogP contribution < -0.4 is 15.4 Å². The van der Waals surface area contributed by atoms with Gasteiger partial charge in [0, 0.05) is 25.7 Å². The van der Waals surface area contributed by atoms with E-state index in [1.807, 2.05) is 24.0 Å². The Labute approximate surface area is 123 Å². The molecular formula is C15H19N3O3. The van der Waals surface area contributed by atoms with Crippen LogP contribution in [0.2, 0.25) is 0 Å². The van der Waals surface area contributed by atoms with Gasteiger partial charge >= 0.3 is 0 Å². The molecule has 1 aromatic rings. The van der Waals surface area contributed by atoms with Crippen LogP contribution in [-0.4, -0.2) is 48.5 Å². The number of para-hydroxylation sites is 2. The third-order valence-corrected chi connectivity index (χ3v) is 3.89. The number of rotatable bonds is 2. The van der Waals surface area contributed by atoms with Crippen molar-refractivity contribution < 1.29 is 14.3 Å². The molecule has 2 aliphatic rings. The lowest BCUT2D eigenvalue weighted by Gasteiger charge is -2.35. The van der Waals surface area contributed by atoms with Crippen molar-refractivity contribution in [2.24, 2.45) is 0 Å². The monoisotopic (exact) mass is 289 g/mol. The van der Waals surface area contributed by atoms with Crippen molar-refractivity contribution in [2.45, 2.75) is 25.5 Å². The molecule has 0 aromatic heterocycles. The van der Waals surface area contributed by atoms with Gasteiger partial charge in [0.25, 0.3) is 5.91 Å². The lowest BCUT2D eigenvalue weighted by Crippen LogP contribution is -2.53. The Morgan fingerprint density at radius 2 is 2.24 bits per heavy atom. The number of benzene rings is 1. The number of anilines is 1. The van der Waals surface area contributed by atoms with Crippen LogP contribution in [0.1, 0.15) is 13.3 Å². The highest BCUT2D eigenvalue weighted by atomic mass is 16.5. The Hall–Kier alpha value is -2.08. The molecule has 3 rings (SSSR count). The van der Waals surface area contributed by atoms with E-state index in [9.17, 15) is 9.59 Å². The number of nitrogens with one attached hydrogen (secondary N) is 2. The predicted molar refractivity (Wildman–Crippen MR) is 78.1 cm³/mol. The van der Waals surface area contributed by atoms with Crippen LogP contribution in [0.5, 0.6) is 5.75 Å². The number of carbonyl (C=O) groups is 2. The van der Waals surface area contributed by atoms with Crippen LogP contribution in [-0.2, 0) is 9.59 Å². The third-order valence-electron chi connectivity index (χ3n) is 3.89. The molecule has 6 heteroatoms. The van der Waals surface area contributed by atoms with Crippen molar-refractivity contribution in [2.75, 3.05) is 25.0 Å². The number of hydrogen-bond donors (Lipinski definition) is 2. The van der Waals surface area contributed by atoms with E-state index in [1.54, 1.807) is 12.1 Å². The summed E-state index contributed by atoms with van der Waals surface area (Å²) in [5.74, 6) is 0.316. The van der Waals surface area contributed by atoms with Gasteiger partial charge in [0.15, 0.2) is 6.10 Å². The van der Waals surface area contributed by atoms with Gasteiger partial charge < -0.3 is 20.3 Å². The molecule has 0 saturated carbocycles. The van der Waals surface area contributed by atoms with Crippen LogP contribution in [0.15, 0.2) is 24.3 Å². The molecule has 1 fully saturated rings.